The van der Waals surface area contributed by atoms with Gasteiger partial charge in [0.05, 0.1) is 0 Å². The van der Waals surface area contributed by atoms with E-state index in [4.69, 9.17) is 0 Å². The maximum absolute atomic E-state index is 2.39. The van der Waals surface area contributed by atoms with Crippen molar-refractivity contribution in [2.45, 2.75) is 53.4 Å². The summed E-state index contributed by atoms with van der Waals surface area (Å²) in [5, 5.41) is 3.25. The van der Waals surface area contributed by atoms with Gasteiger partial charge in [0.25, 0.3) is 0 Å². The van der Waals surface area contributed by atoms with E-state index in [0.717, 1.165) is 0 Å². The van der Waals surface area contributed by atoms with Crippen LogP contribution in [0.4, 0.5) is 0 Å². The molecule has 0 amide bonds. The third-order valence-electron chi connectivity index (χ3n) is 5.14. The number of rotatable bonds is 8. The van der Waals surface area contributed by atoms with Gasteiger partial charge in [0.2, 0.25) is 0 Å². The van der Waals surface area contributed by atoms with Crippen LogP contribution in [-0.2, 0) is 0 Å². The standard InChI is InChI=1S/C23H35P/c1-5-6-19-24(20-13-18-23(2,3)4,21-14-9-7-10-15-21)22-16-11-8-12-17-22/h7-12,14-17,24H,5-6,13,18-20H2,1-4H3. The molecule has 0 spiro atoms. The average Bonchev–Trinajstić information content (AvgIpc) is 2.58. The zero-order valence-corrected chi connectivity index (χ0v) is 17.0. The second-order valence-corrected chi connectivity index (χ2v) is 12.7. The van der Waals surface area contributed by atoms with Crippen LogP contribution in [0.2, 0.25) is 0 Å². The molecule has 0 heterocycles. The Morgan fingerprint density at radius 1 is 0.708 bits per heavy atom. The summed E-state index contributed by atoms with van der Waals surface area (Å²) < 4.78 is 0. The molecule has 0 radical (unpaired) electrons. The molecule has 0 N–H and O–H groups in total. The molecular formula is C23H35P. The van der Waals surface area contributed by atoms with Gasteiger partial charge >= 0.3 is 150 Å². The van der Waals surface area contributed by atoms with Crippen molar-refractivity contribution in [3.8, 4) is 0 Å². The fraction of sp³-hybridized carbons (Fsp3) is 0.478. The van der Waals surface area contributed by atoms with E-state index < -0.39 is 7.26 Å². The second-order valence-electron chi connectivity index (χ2n) is 8.33. The zero-order valence-electron chi connectivity index (χ0n) is 16.0. The monoisotopic (exact) mass is 342 g/mol. The molecule has 0 aliphatic heterocycles. The minimum atomic E-state index is -1.67. The summed E-state index contributed by atoms with van der Waals surface area (Å²) in [6.45, 7) is 9.43. The molecule has 2 rings (SSSR count). The molecule has 0 nitrogen and oxygen atoms in total. The number of hydrogen-bond acceptors (Lipinski definition) is 0. The molecule has 0 atom stereocenters. The van der Waals surface area contributed by atoms with Crippen molar-refractivity contribution < 1.29 is 0 Å². The summed E-state index contributed by atoms with van der Waals surface area (Å²) in [5.74, 6) is 0. The Morgan fingerprint density at radius 2 is 1.17 bits per heavy atom. The second kappa shape index (κ2) is 8.82. The Labute approximate surface area is 150 Å². The van der Waals surface area contributed by atoms with Crippen molar-refractivity contribution >= 4 is 17.9 Å². The van der Waals surface area contributed by atoms with Crippen molar-refractivity contribution in [1.82, 2.24) is 0 Å². The molecule has 24 heavy (non-hydrogen) atoms. The van der Waals surface area contributed by atoms with E-state index in [2.05, 4.69) is 88.4 Å². The summed E-state index contributed by atoms with van der Waals surface area (Å²) in [6.07, 6.45) is 8.02. The van der Waals surface area contributed by atoms with Crippen LogP contribution in [0.3, 0.4) is 0 Å². The van der Waals surface area contributed by atoms with Crippen LogP contribution in [0.25, 0.3) is 0 Å². The van der Waals surface area contributed by atoms with E-state index in [9.17, 15) is 0 Å². The molecule has 0 aliphatic carbocycles. The van der Waals surface area contributed by atoms with Gasteiger partial charge in [0.15, 0.2) is 0 Å². The third-order valence-corrected chi connectivity index (χ3v) is 10.4. The van der Waals surface area contributed by atoms with E-state index in [-0.39, 0.29) is 0 Å². The van der Waals surface area contributed by atoms with Gasteiger partial charge in [-0.15, -0.1) is 0 Å². The first-order valence-electron chi connectivity index (χ1n) is 9.59. The van der Waals surface area contributed by atoms with E-state index in [1.54, 1.807) is 10.6 Å². The molecule has 1 heteroatoms. The number of unbranched alkanes of at least 4 members (excludes halogenated alkanes) is 1. The topological polar surface area (TPSA) is 0 Å². The average molecular weight is 343 g/mol. The van der Waals surface area contributed by atoms with Gasteiger partial charge in [0, 0.05) is 0 Å². The van der Waals surface area contributed by atoms with Crippen molar-refractivity contribution in [3.63, 3.8) is 0 Å². The molecular weight excluding hydrogens is 307 g/mol. The van der Waals surface area contributed by atoms with E-state index in [1.165, 1.54) is 38.0 Å². The molecule has 0 aromatic heterocycles. The molecule has 0 unspecified atom stereocenters. The summed E-state index contributed by atoms with van der Waals surface area (Å²) in [7, 11) is -1.67. The number of hydrogen-bond donors (Lipinski definition) is 0. The van der Waals surface area contributed by atoms with Crippen LogP contribution in [-0.4, -0.2) is 12.3 Å². The van der Waals surface area contributed by atoms with Crippen LogP contribution < -0.4 is 10.6 Å². The Hall–Kier alpha value is -1.13. The van der Waals surface area contributed by atoms with Crippen molar-refractivity contribution in [2.75, 3.05) is 12.3 Å². The third kappa shape index (κ3) is 5.18. The summed E-state index contributed by atoms with van der Waals surface area (Å²) in [5.41, 5.74) is 0.429. The van der Waals surface area contributed by atoms with Crippen LogP contribution in [0, 0.1) is 5.41 Å². The van der Waals surface area contributed by atoms with Crippen molar-refractivity contribution in [2.24, 2.45) is 5.41 Å². The Morgan fingerprint density at radius 3 is 1.58 bits per heavy atom. The van der Waals surface area contributed by atoms with Gasteiger partial charge in [-0.05, 0) is 0 Å². The van der Waals surface area contributed by atoms with E-state index >= 15 is 0 Å². The quantitative estimate of drug-likeness (QED) is 0.515. The normalized spacial score (nSPS) is 13.0. The predicted molar refractivity (Wildman–Crippen MR) is 114 cm³/mol. The van der Waals surface area contributed by atoms with Gasteiger partial charge in [-0.3, -0.25) is 0 Å². The van der Waals surface area contributed by atoms with E-state index in [1.807, 2.05) is 0 Å². The molecule has 0 saturated heterocycles. The van der Waals surface area contributed by atoms with Gasteiger partial charge in [-0.2, -0.15) is 0 Å². The molecule has 0 bridgehead atoms. The fourth-order valence-corrected chi connectivity index (χ4v) is 8.92. The molecule has 0 saturated carbocycles. The van der Waals surface area contributed by atoms with Crippen LogP contribution in [0.15, 0.2) is 60.7 Å². The Balaban J connectivity index is 2.40. The summed E-state index contributed by atoms with van der Waals surface area (Å²) in [6, 6.07) is 22.8. The predicted octanol–water partition coefficient (Wildman–Crippen LogP) is 6.01. The first-order chi connectivity index (χ1) is 11.5. The molecule has 0 aliphatic rings. The Kier molecular flexibility index (Phi) is 7.05. The van der Waals surface area contributed by atoms with Crippen LogP contribution >= 0.6 is 7.26 Å². The SMILES string of the molecule is CCCC[PH](CCCC(C)(C)C)(c1ccccc1)c1ccccc1. The fourth-order valence-electron chi connectivity index (χ4n) is 3.78. The summed E-state index contributed by atoms with van der Waals surface area (Å²) in [4.78, 5) is 0. The van der Waals surface area contributed by atoms with E-state index in [0.29, 0.717) is 5.41 Å². The Bertz CT molecular complexity index is 541. The van der Waals surface area contributed by atoms with Gasteiger partial charge in [-0.25, -0.2) is 0 Å². The van der Waals surface area contributed by atoms with Gasteiger partial charge in [0.1, 0.15) is 0 Å². The molecule has 132 valence electrons. The zero-order chi connectivity index (χ0) is 17.5. The van der Waals surface area contributed by atoms with Crippen molar-refractivity contribution in [3.05, 3.63) is 60.7 Å². The minimum absolute atomic E-state index is 0.429. The molecule has 2 aromatic carbocycles. The van der Waals surface area contributed by atoms with Gasteiger partial charge in [-0.1, -0.05) is 0 Å². The van der Waals surface area contributed by atoms with Crippen molar-refractivity contribution in [1.29, 1.82) is 0 Å². The molecule has 0 fully saturated rings. The van der Waals surface area contributed by atoms with Crippen LogP contribution in [0.5, 0.6) is 0 Å². The first-order valence-corrected chi connectivity index (χ1v) is 12.0. The first kappa shape index (κ1) is 19.2. The van der Waals surface area contributed by atoms with Gasteiger partial charge < -0.3 is 0 Å². The molecule has 2 aromatic rings. The summed E-state index contributed by atoms with van der Waals surface area (Å²) >= 11 is 0. The number of benzene rings is 2. The maximum atomic E-state index is 2.39. The van der Waals surface area contributed by atoms with Crippen LogP contribution in [0.1, 0.15) is 53.4 Å².